The van der Waals surface area contributed by atoms with Crippen LogP contribution in [0.15, 0.2) is 86.9 Å². The minimum Gasteiger partial charge on any atom is -0.490 e. The van der Waals surface area contributed by atoms with Gasteiger partial charge in [0.1, 0.15) is 11.6 Å². The van der Waals surface area contributed by atoms with Gasteiger partial charge in [-0.2, -0.15) is 0 Å². The van der Waals surface area contributed by atoms with E-state index in [2.05, 4.69) is 64.8 Å². The first-order valence-electron chi connectivity index (χ1n) is 20.0. The fourth-order valence-electron chi connectivity index (χ4n) is 7.70. The van der Waals surface area contributed by atoms with E-state index in [-0.39, 0.29) is 22.3 Å². The van der Waals surface area contributed by atoms with Crippen molar-refractivity contribution in [3.8, 4) is 34.0 Å². The Morgan fingerprint density at radius 3 is 2.11 bits per heavy atom. The minimum absolute atomic E-state index is 0.0331. The highest BCUT2D eigenvalue weighted by atomic mass is 28.4. The molecule has 1 saturated carbocycles. The average Bonchev–Trinajstić information content (AvgIpc) is 3.59. The quantitative estimate of drug-likeness (QED) is 0.119. The normalized spacial score (nSPS) is 16.7. The van der Waals surface area contributed by atoms with Gasteiger partial charge in [-0.3, -0.25) is 18.9 Å². The van der Waals surface area contributed by atoms with Crippen LogP contribution in [0.5, 0.6) is 5.75 Å². The van der Waals surface area contributed by atoms with Gasteiger partial charge in [0.25, 0.3) is 5.56 Å². The fourth-order valence-corrected chi connectivity index (χ4v) is 9.49. The molecule has 0 saturated heterocycles. The Bertz CT molecular complexity index is 2180. The third-order valence-electron chi connectivity index (χ3n) is 11.8. The van der Waals surface area contributed by atoms with Crippen molar-refractivity contribution in [3.05, 3.63) is 116 Å². The van der Waals surface area contributed by atoms with Crippen LogP contribution < -0.4 is 16.1 Å². The van der Waals surface area contributed by atoms with E-state index in [0.29, 0.717) is 30.1 Å². The Balaban J connectivity index is 1.18. The predicted octanol–water partition coefficient (Wildman–Crippen LogP) is 10.1. The van der Waals surface area contributed by atoms with Gasteiger partial charge in [0, 0.05) is 24.0 Å². The lowest BCUT2D eigenvalue weighted by Gasteiger charge is -2.47. The second kappa shape index (κ2) is 16.3. The van der Waals surface area contributed by atoms with E-state index in [9.17, 15) is 9.59 Å². The van der Waals surface area contributed by atoms with E-state index in [4.69, 9.17) is 18.7 Å². The number of aryl methyl sites for hydroxylation is 2. The van der Waals surface area contributed by atoms with Crippen molar-refractivity contribution in [1.82, 2.24) is 19.7 Å². The van der Waals surface area contributed by atoms with Gasteiger partial charge in [-0.1, -0.05) is 94.7 Å². The zero-order valence-electron chi connectivity index (χ0n) is 34.1. The van der Waals surface area contributed by atoms with Crippen LogP contribution in [0.4, 0.5) is 0 Å². The SMILES string of the molecule is CCCc1nc(CC)n(-c2ccc(OC3CCC(C(C)(C)O[Si](C)(C)C(C)(C)C)CC3)cc2)c(=O)c1Cc1ccc(-c2ccccc2-c2noc(=O)[nH]2)cc1. The summed E-state index contributed by atoms with van der Waals surface area (Å²) < 4.78 is 20.0. The number of aromatic nitrogens is 4. The molecule has 1 fully saturated rings. The van der Waals surface area contributed by atoms with Crippen molar-refractivity contribution in [2.24, 2.45) is 5.92 Å². The first-order valence-corrected chi connectivity index (χ1v) is 22.9. The van der Waals surface area contributed by atoms with Crippen LogP contribution in [0.3, 0.4) is 0 Å². The molecule has 1 N–H and O–H groups in total. The minimum atomic E-state index is -1.88. The van der Waals surface area contributed by atoms with Gasteiger partial charge < -0.3 is 9.16 Å². The number of hydrogen-bond donors (Lipinski definition) is 1. The molecule has 6 rings (SSSR count). The summed E-state index contributed by atoms with van der Waals surface area (Å²) >= 11 is 0. The number of rotatable bonds is 13. The van der Waals surface area contributed by atoms with Crippen molar-refractivity contribution in [2.45, 2.75) is 130 Å². The molecule has 0 aliphatic heterocycles. The summed E-state index contributed by atoms with van der Waals surface area (Å²) in [6.45, 7) is 20.3. The van der Waals surface area contributed by atoms with Gasteiger partial charge >= 0.3 is 5.76 Å². The van der Waals surface area contributed by atoms with E-state index < -0.39 is 14.1 Å². The number of ether oxygens (including phenoxy) is 1. The van der Waals surface area contributed by atoms with Crippen molar-refractivity contribution >= 4 is 8.32 Å². The Morgan fingerprint density at radius 1 is 0.873 bits per heavy atom. The molecule has 55 heavy (non-hydrogen) atoms. The summed E-state index contributed by atoms with van der Waals surface area (Å²) in [5.74, 6) is 1.87. The Labute approximate surface area is 326 Å². The number of hydrogen-bond acceptors (Lipinski definition) is 7. The lowest BCUT2D eigenvalue weighted by molar-refractivity contribution is -0.00501. The maximum atomic E-state index is 14.4. The Hall–Kier alpha value is -4.54. The number of nitrogens with zero attached hydrogens (tertiary/aromatic N) is 3. The zero-order chi connectivity index (χ0) is 39.5. The molecule has 0 bridgehead atoms. The van der Waals surface area contributed by atoms with Crippen LogP contribution in [-0.2, 0) is 23.7 Å². The van der Waals surface area contributed by atoms with Gasteiger partial charge in [0.2, 0.25) is 0 Å². The van der Waals surface area contributed by atoms with E-state index in [1.165, 1.54) is 0 Å². The third kappa shape index (κ3) is 8.97. The summed E-state index contributed by atoms with van der Waals surface area (Å²) in [4.78, 5) is 33.8. The van der Waals surface area contributed by atoms with Gasteiger partial charge in [-0.25, -0.2) is 9.78 Å². The molecule has 9 nitrogen and oxygen atoms in total. The molecule has 0 unspecified atom stereocenters. The van der Waals surface area contributed by atoms with E-state index >= 15 is 0 Å². The predicted molar refractivity (Wildman–Crippen MR) is 223 cm³/mol. The summed E-state index contributed by atoms with van der Waals surface area (Å²) in [6, 6.07) is 23.8. The van der Waals surface area contributed by atoms with Crippen molar-refractivity contribution < 1.29 is 13.7 Å². The summed E-state index contributed by atoms with van der Waals surface area (Å²) in [7, 11) is -1.88. The summed E-state index contributed by atoms with van der Waals surface area (Å²) in [5, 5.41) is 4.07. The first kappa shape index (κ1) is 40.1. The summed E-state index contributed by atoms with van der Waals surface area (Å²) in [5.41, 5.74) is 5.83. The topological polar surface area (TPSA) is 112 Å². The largest absolute Gasteiger partial charge is 0.490 e. The van der Waals surface area contributed by atoms with Crippen molar-refractivity contribution in [3.63, 3.8) is 0 Å². The highest BCUT2D eigenvalue weighted by Gasteiger charge is 2.44. The molecule has 0 amide bonds. The molecule has 5 aromatic rings. The molecule has 292 valence electrons. The highest BCUT2D eigenvalue weighted by molar-refractivity contribution is 6.74. The van der Waals surface area contributed by atoms with Crippen LogP contribution in [-0.4, -0.2) is 39.7 Å². The molecule has 1 aliphatic rings. The monoisotopic (exact) mass is 762 g/mol. The molecular formula is C45H58N4O5Si. The summed E-state index contributed by atoms with van der Waals surface area (Å²) in [6.07, 6.45) is 7.04. The molecule has 0 atom stereocenters. The lowest BCUT2D eigenvalue weighted by Crippen LogP contribution is -2.51. The van der Waals surface area contributed by atoms with E-state index in [1.54, 1.807) is 4.57 Å². The van der Waals surface area contributed by atoms with Gasteiger partial charge in [0.05, 0.1) is 23.1 Å². The molecule has 2 aromatic heterocycles. The molecule has 2 heterocycles. The van der Waals surface area contributed by atoms with Crippen LogP contribution in [0.25, 0.3) is 28.2 Å². The Kier molecular flexibility index (Phi) is 11.9. The molecule has 0 radical (unpaired) electrons. The second-order valence-corrected chi connectivity index (χ2v) is 21.8. The van der Waals surface area contributed by atoms with Gasteiger partial charge in [-0.05, 0) is 111 Å². The maximum Gasteiger partial charge on any atom is 0.439 e. The van der Waals surface area contributed by atoms with Crippen molar-refractivity contribution in [1.29, 1.82) is 0 Å². The van der Waals surface area contributed by atoms with Crippen molar-refractivity contribution in [2.75, 3.05) is 0 Å². The molecule has 0 spiro atoms. The molecular weight excluding hydrogens is 705 g/mol. The van der Waals surface area contributed by atoms with E-state index in [1.807, 2.05) is 79.7 Å². The lowest BCUT2D eigenvalue weighted by atomic mass is 9.78. The van der Waals surface area contributed by atoms with Gasteiger partial charge in [-0.15, -0.1) is 0 Å². The molecule has 3 aromatic carbocycles. The smallest absolute Gasteiger partial charge is 0.439 e. The first-order chi connectivity index (χ1) is 26.1. The zero-order valence-corrected chi connectivity index (χ0v) is 35.1. The van der Waals surface area contributed by atoms with Gasteiger partial charge in [0.15, 0.2) is 14.1 Å². The Morgan fingerprint density at radius 2 is 1.53 bits per heavy atom. The number of H-pyrrole nitrogens is 1. The average molecular weight is 763 g/mol. The fraction of sp³-hybridized carbons (Fsp3) is 0.467. The standard InChI is InChI=1S/C45H58N4O5Si/c1-10-14-39-38(29-30-17-19-31(20-18-30)36-15-12-13-16-37(36)41-47-43(51)53-48-41)42(50)49(40(11-2)46-39)33-23-27-35(28-24-33)52-34-25-21-32(22-26-34)45(6,7)54-55(8,9)44(3,4)5/h12-13,15-20,23-24,27-28,32,34H,10-11,14,21-22,25-26,29H2,1-9H3,(H,47,48,51). The molecule has 1 aliphatic carbocycles. The third-order valence-corrected chi connectivity index (χ3v) is 16.4. The van der Waals surface area contributed by atoms with Crippen LogP contribution >= 0.6 is 0 Å². The van der Waals surface area contributed by atoms with Crippen LogP contribution in [0.2, 0.25) is 18.1 Å². The number of benzene rings is 3. The maximum absolute atomic E-state index is 14.4. The van der Waals surface area contributed by atoms with Crippen LogP contribution in [0, 0.1) is 5.92 Å². The van der Waals surface area contributed by atoms with Crippen LogP contribution in [0.1, 0.15) is 103 Å². The number of nitrogens with one attached hydrogen (secondary N) is 1. The molecule has 10 heteroatoms. The highest BCUT2D eigenvalue weighted by Crippen LogP contribution is 2.44. The second-order valence-electron chi connectivity index (χ2n) is 17.1. The number of aromatic amines is 1. The van der Waals surface area contributed by atoms with E-state index in [0.717, 1.165) is 83.7 Å².